The molecule has 0 aromatic rings. The van der Waals surface area contributed by atoms with Crippen LogP contribution in [0.3, 0.4) is 0 Å². The van der Waals surface area contributed by atoms with E-state index >= 15 is 0 Å². The summed E-state index contributed by atoms with van der Waals surface area (Å²) in [5, 5.41) is 0. The predicted molar refractivity (Wildman–Crippen MR) is 80.3 cm³/mol. The third-order valence-corrected chi connectivity index (χ3v) is 4.48. The van der Waals surface area contributed by atoms with Gasteiger partial charge in [-0.15, -0.1) is 0 Å². The van der Waals surface area contributed by atoms with Crippen molar-refractivity contribution < 1.29 is 0 Å². The topological polar surface area (TPSA) is 38.0 Å². The van der Waals surface area contributed by atoms with E-state index in [1.165, 1.54) is 83.5 Å². The SMILES string of the molecule is CCCCCCCCC(CC1CCCCC1)NN. The quantitative estimate of drug-likeness (QED) is 0.341. The van der Waals surface area contributed by atoms with Crippen LogP contribution in [0.1, 0.15) is 90.4 Å². The Morgan fingerprint density at radius 3 is 2.33 bits per heavy atom. The van der Waals surface area contributed by atoms with Crippen molar-refractivity contribution in [1.29, 1.82) is 0 Å². The van der Waals surface area contributed by atoms with Gasteiger partial charge in [0, 0.05) is 6.04 Å². The van der Waals surface area contributed by atoms with Crippen LogP contribution in [0.25, 0.3) is 0 Å². The molecule has 0 bridgehead atoms. The minimum absolute atomic E-state index is 0.569. The number of nitrogens with two attached hydrogens (primary N) is 1. The molecule has 0 aromatic carbocycles. The smallest absolute Gasteiger partial charge is 0.0213 e. The monoisotopic (exact) mass is 254 g/mol. The van der Waals surface area contributed by atoms with E-state index in [1.54, 1.807) is 0 Å². The highest BCUT2D eigenvalue weighted by Gasteiger charge is 2.17. The largest absolute Gasteiger partial charge is 0.271 e. The summed E-state index contributed by atoms with van der Waals surface area (Å²) in [7, 11) is 0. The van der Waals surface area contributed by atoms with Crippen molar-refractivity contribution in [1.82, 2.24) is 5.43 Å². The van der Waals surface area contributed by atoms with Crippen LogP contribution in [0, 0.1) is 5.92 Å². The minimum atomic E-state index is 0.569. The summed E-state index contributed by atoms with van der Waals surface area (Å²) in [6.07, 6.45) is 18.1. The Kier molecular flexibility index (Phi) is 9.59. The van der Waals surface area contributed by atoms with Crippen LogP contribution in [0.2, 0.25) is 0 Å². The number of hydrazine groups is 1. The third-order valence-electron chi connectivity index (χ3n) is 4.48. The molecule has 0 aromatic heterocycles. The summed E-state index contributed by atoms with van der Waals surface area (Å²) in [5.41, 5.74) is 3.05. The fourth-order valence-corrected chi connectivity index (χ4v) is 3.27. The van der Waals surface area contributed by atoms with Gasteiger partial charge in [0.1, 0.15) is 0 Å². The molecule has 18 heavy (non-hydrogen) atoms. The Hall–Kier alpha value is -0.0800. The first-order valence-electron chi connectivity index (χ1n) is 8.33. The van der Waals surface area contributed by atoms with Gasteiger partial charge < -0.3 is 0 Å². The van der Waals surface area contributed by atoms with Crippen LogP contribution in [0.5, 0.6) is 0 Å². The fraction of sp³-hybridized carbons (Fsp3) is 1.00. The van der Waals surface area contributed by atoms with Gasteiger partial charge in [0.15, 0.2) is 0 Å². The van der Waals surface area contributed by atoms with Crippen molar-refractivity contribution in [2.24, 2.45) is 11.8 Å². The van der Waals surface area contributed by atoms with Crippen LogP contribution >= 0.6 is 0 Å². The van der Waals surface area contributed by atoms with Gasteiger partial charge in [0.05, 0.1) is 0 Å². The van der Waals surface area contributed by atoms with Crippen molar-refractivity contribution in [2.45, 2.75) is 96.4 Å². The molecular formula is C16H34N2. The molecule has 2 nitrogen and oxygen atoms in total. The predicted octanol–water partition coefficient (Wildman–Crippen LogP) is 4.54. The van der Waals surface area contributed by atoms with Crippen molar-refractivity contribution in [3.63, 3.8) is 0 Å². The lowest BCUT2D eigenvalue weighted by Gasteiger charge is -2.26. The number of hydrogen-bond donors (Lipinski definition) is 2. The first-order valence-corrected chi connectivity index (χ1v) is 8.33. The minimum Gasteiger partial charge on any atom is -0.271 e. The van der Waals surface area contributed by atoms with Gasteiger partial charge in [-0.05, 0) is 18.8 Å². The Bertz CT molecular complexity index is 176. The summed E-state index contributed by atoms with van der Waals surface area (Å²) in [5.74, 6) is 6.65. The van der Waals surface area contributed by atoms with Gasteiger partial charge >= 0.3 is 0 Å². The van der Waals surface area contributed by atoms with Crippen LogP contribution in [-0.2, 0) is 0 Å². The molecule has 108 valence electrons. The molecule has 1 aliphatic carbocycles. The van der Waals surface area contributed by atoms with E-state index in [0.717, 1.165) is 5.92 Å². The third kappa shape index (κ3) is 7.38. The summed E-state index contributed by atoms with van der Waals surface area (Å²) < 4.78 is 0. The van der Waals surface area contributed by atoms with E-state index < -0.39 is 0 Å². The standard InChI is InChI=1S/C16H34N2/c1-2-3-4-5-6-10-13-16(18-17)14-15-11-8-7-9-12-15/h15-16,18H,2-14,17H2,1H3. The maximum Gasteiger partial charge on any atom is 0.0213 e. The van der Waals surface area contributed by atoms with E-state index in [9.17, 15) is 0 Å². The van der Waals surface area contributed by atoms with E-state index in [4.69, 9.17) is 5.84 Å². The molecule has 3 N–H and O–H groups in total. The first kappa shape index (κ1) is 16.0. The lowest BCUT2D eigenvalue weighted by molar-refractivity contribution is 0.288. The Balaban J connectivity index is 2.01. The van der Waals surface area contributed by atoms with Crippen LogP contribution in [-0.4, -0.2) is 6.04 Å². The summed E-state index contributed by atoms with van der Waals surface area (Å²) in [6, 6.07) is 0.569. The molecule has 0 aliphatic heterocycles. The molecule has 0 radical (unpaired) electrons. The summed E-state index contributed by atoms with van der Waals surface area (Å²) in [6.45, 7) is 2.28. The van der Waals surface area contributed by atoms with Crippen molar-refractivity contribution in [2.75, 3.05) is 0 Å². The second kappa shape index (κ2) is 10.8. The van der Waals surface area contributed by atoms with E-state index in [2.05, 4.69) is 12.3 Å². The first-order chi connectivity index (χ1) is 8.86. The molecular weight excluding hydrogens is 220 g/mol. The lowest BCUT2D eigenvalue weighted by atomic mass is 9.84. The molecule has 1 aliphatic rings. The zero-order valence-corrected chi connectivity index (χ0v) is 12.4. The average Bonchev–Trinajstić information content (AvgIpc) is 2.42. The van der Waals surface area contributed by atoms with Crippen LogP contribution in [0.15, 0.2) is 0 Å². The molecule has 2 heteroatoms. The van der Waals surface area contributed by atoms with Gasteiger partial charge in [-0.1, -0.05) is 77.6 Å². The average molecular weight is 254 g/mol. The van der Waals surface area contributed by atoms with E-state index in [-0.39, 0.29) is 0 Å². The number of nitrogens with one attached hydrogen (secondary N) is 1. The lowest BCUT2D eigenvalue weighted by Crippen LogP contribution is -2.36. The highest BCUT2D eigenvalue weighted by atomic mass is 15.2. The Labute approximate surface area is 114 Å². The molecule has 0 amide bonds. The second-order valence-electron chi connectivity index (χ2n) is 6.16. The number of rotatable bonds is 10. The van der Waals surface area contributed by atoms with Crippen LogP contribution in [0.4, 0.5) is 0 Å². The van der Waals surface area contributed by atoms with Crippen molar-refractivity contribution >= 4 is 0 Å². The van der Waals surface area contributed by atoms with Crippen molar-refractivity contribution in [3.05, 3.63) is 0 Å². The van der Waals surface area contributed by atoms with Crippen LogP contribution < -0.4 is 11.3 Å². The second-order valence-corrected chi connectivity index (χ2v) is 6.16. The Morgan fingerprint density at radius 1 is 1.00 bits per heavy atom. The zero-order chi connectivity index (χ0) is 13.1. The number of hydrogen-bond acceptors (Lipinski definition) is 2. The van der Waals surface area contributed by atoms with Gasteiger partial charge in [-0.25, -0.2) is 0 Å². The van der Waals surface area contributed by atoms with Gasteiger partial charge in [0.2, 0.25) is 0 Å². The molecule has 1 rings (SSSR count). The molecule has 1 atom stereocenters. The maximum atomic E-state index is 5.70. The normalized spacial score (nSPS) is 19.0. The van der Waals surface area contributed by atoms with Gasteiger partial charge in [0.25, 0.3) is 0 Å². The Morgan fingerprint density at radius 2 is 1.67 bits per heavy atom. The number of unbranched alkanes of at least 4 members (excludes halogenated alkanes) is 5. The maximum absolute atomic E-state index is 5.70. The molecule has 0 saturated heterocycles. The molecule has 0 heterocycles. The molecule has 1 unspecified atom stereocenters. The van der Waals surface area contributed by atoms with Gasteiger partial charge in [-0.3, -0.25) is 11.3 Å². The zero-order valence-electron chi connectivity index (χ0n) is 12.4. The van der Waals surface area contributed by atoms with Crippen molar-refractivity contribution in [3.8, 4) is 0 Å². The molecule has 1 saturated carbocycles. The molecule has 0 spiro atoms. The highest BCUT2D eigenvalue weighted by Crippen LogP contribution is 2.28. The van der Waals surface area contributed by atoms with Gasteiger partial charge in [-0.2, -0.15) is 0 Å². The van der Waals surface area contributed by atoms with E-state index in [0.29, 0.717) is 6.04 Å². The summed E-state index contributed by atoms with van der Waals surface area (Å²) in [4.78, 5) is 0. The fourth-order valence-electron chi connectivity index (χ4n) is 3.27. The summed E-state index contributed by atoms with van der Waals surface area (Å²) >= 11 is 0. The van der Waals surface area contributed by atoms with E-state index in [1.807, 2.05) is 0 Å². The molecule has 1 fully saturated rings. The highest BCUT2D eigenvalue weighted by molar-refractivity contribution is 4.73.